The molecule has 0 saturated heterocycles. The summed E-state index contributed by atoms with van der Waals surface area (Å²) in [6.45, 7) is 30.6. The predicted octanol–water partition coefficient (Wildman–Crippen LogP) is 4.64. The van der Waals surface area contributed by atoms with E-state index in [1.165, 1.54) is 6.42 Å². The summed E-state index contributed by atoms with van der Waals surface area (Å²) in [5.41, 5.74) is -0.555. The van der Waals surface area contributed by atoms with E-state index in [-0.39, 0.29) is 11.8 Å². The Morgan fingerprint density at radius 3 is 1.67 bits per heavy atom. The normalized spacial score (nSPS) is 17.0. The van der Waals surface area contributed by atoms with Gasteiger partial charge in [-0.25, -0.2) is 10.0 Å². The van der Waals surface area contributed by atoms with Crippen LogP contribution >= 0.6 is 0 Å². The first-order chi connectivity index (χ1) is 20.0. The van der Waals surface area contributed by atoms with E-state index in [0.29, 0.717) is 0 Å². The van der Waals surface area contributed by atoms with Crippen molar-refractivity contribution in [3.63, 3.8) is 0 Å². The van der Waals surface area contributed by atoms with Gasteiger partial charge in [0.1, 0.15) is 11.4 Å². The Kier molecular flexibility index (Phi) is 22.0. The Hall–Kier alpha value is -0.360. The summed E-state index contributed by atoms with van der Waals surface area (Å²) in [4.78, 5) is 5.03. The van der Waals surface area contributed by atoms with Crippen LogP contribution in [-0.4, -0.2) is 117 Å². The zero-order chi connectivity index (χ0) is 32.2. The molecule has 5 N–H and O–H groups in total. The molecule has 0 fully saturated rings. The third kappa shape index (κ3) is 10.9. The number of nitrogens with one attached hydrogen (secondary N) is 5. The van der Waals surface area contributed by atoms with E-state index >= 15 is 0 Å². The largest absolute Gasteiger partial charge is 0.298 e. The van der Waals surface area contributed by atoms with Gasteiger partial charge in [0.05, 0.1) is 0 Å². The highest BCUT2D eigenvalue weighted by Crippen LogP contribution is 2.35. The van der Waals surface area contributed by atoms with Crippen molar-refractivity contribution in [3.05, 3.63) is 0 Å². The Labute approximate surface area is 263 Å². The van der Waals surface area contributed by atoms with Crippen molar-refractivity contribution in [1.82, 2.24) is 46.4 Å². The summed E-state index contributed by atoms with van der Waals surface area (Å²) in [5.74, 6) is -0.985. The number of likely N-dealkylation sites (N-methyl/N-ethyl adjacent to an activating group) is 2. The second-order valence-electron chi connectivity index (χ2n) is 12.4. The maximum absolute atomic E-state index is 4.20. The molecule has 0 bridgehead atoms. The van der Waals surface area contributed by atoms with Crippen molar-refractivity contribution in [2.24, 2.45) is 0 Å². The first kappa shape index (κ1) is 41.6. The lowest BCUT2D eigenvalue weighted by Crippen LogP contribution is -2.90. The minimum atomic E-state index is -0.609. The van der Waals surface area contributed by atoms with Gasteiger partial charge in [-0.1, -0.05) is 68.2 Å². The smallest absolute Gasteiger partial charge is 0.171 e. The van der Waals surface area contributed by atoms with Gasteiger partial charge in [0, 0.05) is 32.1 Å². The minimum Gasteiger partial charge on any atom is -0.298 e. The second-order valence-corrected chi connectivity index (χ2v) is 12.4. The van der Waals surface area contributed by atoms with E-state index in [0.717, 1.165) is 97.3 Å². The molecule has 0 aliphatic heterocycles. The summed E-state index contributed by atoms with van der Waals surface area (Å²) >= 11 is 0. The van der Waals surface area contributed by atoms with Crippen LogP contribution in [0.2, 0.25) is 0 Å². The molecule has 0 heterocycles. The molecular formula is C33H77N9. The molecule has 0 aliphatic rings. The number of unbranched alkanes of at least 4 members (excludes halogenated alkanes) is 2. The van der Waals surface area contributed by atoms with E-state index in [4.69, 9.17) is 0 Å². The van der Waals surface area contributed by atoms with Crippen LogP contribution in [0.3, 0.4) is 0 Å². The Morgan fingerprint density at radius 1 is 0.667 bits per heavy atom. The van der Waals surface area contributed by atoms with Gasteiger partial charge in [-0.05, 0) is 99.8 Å². The van der Waals surface area contributed by atoms with Crippen LogP contribution in [0.1, 0.15) is 121 Å². The standard InChI is InChI=1S/C33H77N9/c1-14-22-25-36-32(39(12)13,40(20-7)21-8)29-31(34-11,35-19-6)33(37-24-16-3,38-30(9)10)42(28-23-15-2)41(26-17-4)27-18-5/h30,34-38H,14-29H2,1-13H3. The fraction of sp³-hybridized carbons (Fsp3) is 1.00. The molecule has 0 aromatic carbocycles. The minimum absolute atomic E-state index is 0.255. The first-order valence-electron chi connectivity index (χ1n) is 17.7. The molecule has 0 amide bonds. The quantitative estimate of drug-likeness (QED) is 0.0503. The summed E-state index contributed by atoms with van der Waals surface area (Å²) in [6.07, 6.45) is 8.70. The number of hydrogen-bond donors (Lipinski definition) is 5. The Bertz CT molecular complexity index is 639. The van der Waals surface area contributed by atoms with Gasteiger partial charge < -0.3 is 0 Å². The summed E-state index contributed by atoms with van der Waals surface area (Å²) in [6, 6.07) is 0.255. The van der Waals surface area contributed by atoms with Crippen molar-refractivity contribution >= 4 is 0 Å². The molecule has 254 valence electrons. The van der Waals surface area contributed by atoms with Crippen molar-refractivity contribution in [2.75, 3.05) is 73.5 Å². The summed E-state index contributed by atoms with van der Waals surface area (Å²) in [5, 5.41) is 25.9. The van der Waals surface area contributed by atoms with Crippen LogP contribution in [-0.2, 0) is 0 Å². The second kappa shape index (κ2) is 22.2. The van der Waals surface area contributed by atoms with E-state index in [2.05, 4.69) is 137 Å². The number of nitrogens with zero attached hydrogens (tertiary/aromatic N) is 4. The molecule has 0 saturated carbocycles. The lowest BCUT2D eigenvalue weighted by molar-refractivity contribution is -0.207. The van der Waals surface area contributed by atoms with Crippen molar-refractivity contribution in [1.29, 1.82) is 0 Å². The van der Waals surface area contributed by atoms with Crippen LogP contribution in [0.25, 0.3) is 0 Å². The van der Waals surface area contributed by atoms with Crippen LogP contribution < -0.4 is 26.6 Å². The molecule has 0 spiro atoms. The first-order valence-corrected chi connectivity index (χ1v) is 17.7. The SMILES string of the molecule is CCCCNC(CC(NC)(NCC)C(NCCC)(NC(C)C)N(CCCC)N(CCC)CCC)(N(C)C)N(CC)CC. The summed E-state index contributed by atoms with van der Waals surface area (Å²) in [7, 11) is 6.65. The van der Waals surface area contributed by atoms with Gasteiger partial charge >= 0.3 is 0 Å². The molecule has 42 heavy (non-hydrogen) atoms. The van der Waals surface area contributed by atoms with Crippen LogP contribution in [0, 0.1) is 0 Å². The van der Waals surface area contributed by atoms with Gasteiger partial charge in [-0.15, -0.1) is 0 Å². The zero-order valence-electron chi connectivity index (χ0n) is 30.7. The fourth-order valence-corrected chi connectivity index (χ4v) is 6.58. The molecular weight excluding hydrogens is 522 g/mol. The third-order valence-electron chi connectivity index (χ3n) is 8.54. The van der Waals surface area contributed by atoms with E-state index in [1.807, 2.05) is 0 Å². The molecule has 0 aliphatic carbocycles. The van der Waals surface area contributed by atoms with Gasteiger partial charge in [0.25, 0.3) is 0 Å². The van der Waals surface area contributed by atoms with Gasteiger partial charge in [-0.2, -0.15) is 0 Å². The molecule has 3 atom stereocenters. The summed E-state index contributed by atoms with van der Waals surface area (Å²) < 4.78 is 0. The number of hydrogen-bond acceptors (Lipinski definition) is 9. The highest BCUT2D eigenvalue weighted by Gasteiger charge is 2.59. The van der Waals surface area contributed by atoms with Gasteiger partial charge in [-0.3, -0.25) is 36.4 Å². The third-order valence-corrected chi connectivity index (χ3v) is 8.54. The van der Waals surface area contributed by atoms with Crippen LogP contribution in [0.5, 0.6) is 0 Å². The van der Waals surface area contributed by atoms with Gasteiger partial charge in [0.2, 0.25) is 0 Å². The van der Waals surface area contributed by atoms with Crippen LogP contribution in [0.4, 0.5) is 0 Å². The Morgan fingerprint density at radius 2 is 1.26 bits per heavy atom. The predicted molar refractivity (Wildman–Crippen MR) is 185 cm³/mol. The van der Waals surface area contributed by atoms with Crippen LogP contribution in [0.15, 0.2) is 0 Å². The molecule has 9 nitrogen and oxygen atoms in total. The molecule has 0 rings (SSSR count). The topological polar surface area (TPSA) is 73.1 Å². The molecule has 0 aromatic heterocycles. The van der Waals surface area contributed by atoms with Crippen molar-refractivity contribution < 1.29 is 0 Å². The Balaban J connectivity index is 7.86. The number of rotatable bonds is 28. The molecule has 3 unspecified atom stereocenters. The van der Waals surface area contributed by atoms with E-state index in [9.17, 15) is 0 Å². The van der Waals surface area contributed by atoms with Crippen molar-refractivity contribution in [2.45, 2.75) is 144 Å². The van der Waals surface area contributed by atoms with E-state index in [1.54, 1.807) is 0 Å². The van der Waals surface area contributed by atoms with E-state index < -0.39 is 11.4 Å². The molecule has 0 radical (unpaired) electrons. The monoisotopic (exact) mass is 600 g/mol. The van der Waals surface area contributed by atoms with Crippen molar-refractivity contribution in [3.8, 4) is 0 Å². The average Bonchev–Trinajstić information content (AvgIpc) is 2.95. The van der Waals surface area contributed by atoms with Gasteiger partial charge in [0.15, 0.2) is 5.79 Å². The molecule has 0 aromatic rings. The molecule has 9 heteroatoms. The highest BCUT2D eigenvalue weighted by molar-refractivity contribution is 5.11. The number of hydrazine groups is 1. The highest BCUT2D eigenvalue weighted by atomic mass is 15.7. The zero-order valence-corrected chi connectivity index (χ0v) is 30.7. The fourth-order valence-electron chi connectivity index (χ4n) is 6.58. The maximum Gasteiger partial charge on any atom is 0.171 e. The maximum atomic E-state index is 4.20. The average molecular weight is 600 g/mol. The lowest BCUT2D eigenvalue weighted by atomic mass is 9.87. The lowest BCUT2D eigenvalue weighted by Gasteiger charge is -2.63.